The summed E-state index contributed by atoms with van der Waals surface area (Å²) in [4.78, 5) is 17.7. The number of thiazole rings is 1. The summed E-state index contributed by atoms with van der Waals surface area (Å²) in [7, 11) is -1.23. The Morgan fingerprint density at radius 2 is 2.17 bits per heavy atom. The van der Waals surface area contributed by atoms with E-state index in [0.717, 1.165) is 20.1 Å². The molecule has 1 amide bonds. The smallest absolute Gasteiger partial charge is 0.275 e. The van der Waals surface area contributed by atoms with Gasteiger partial charge >= 0.3 is 0 Å². The molecule has 6 nitrogen and oxygen atoms in total. The molecule has 2 heterocycles. The lowest BCUT2D eigenvalue weighted by atomic mass is 10.2. The van der Waals surface area contributed by atoms with Crippen LogP contribution in [-0.2, 0) is 21.2 Å². The number of quaternary nitrogens is 1. The first-order valence-corrected chi connectivity index (χ1v) is 10.7. The Morgan fingerprint density at radius 1 is 1.42 bits per heavy atom. The number of carbonyl (C=O) groups is 1. The Morgan fingerprint density at radius 3 is 2.83 bits per heavy atom. The molecule has 130 valence electrons. The molecule has 0 bridgehead atoms. The van der Waals surface area contributed by atoms with Gasteiger partial charge in [0.05, 0.1) is 40.2 Å². The van der Waals surface area contributed by atoms with Gasteiger partial charge in [-0.1, -0.05) is 12.1 Å². The summed E-state index contributed by atoms with van der Waals surface area (Å²) >= 11 is 7.63. The van der Waals surface area contributed by atoms with Gasteiger partial charge in [0.25, 0.3) is 5.91 Å². The molecule has 0 saturated carbocycles. The summed E-state index contributed by atoms with van der Waals surface area (Å²) in [6.07, 6.45) is 0. The highest BCUT2D eigenvalue weighted by atomic mass is 35.5. The molecule has 1 aromatic heterocycles. The number of halogens is 1. The number of hydrogen-bond donors (Lipinski definition) is 2. The minimum Gasteiger partial charge on any atom is -0.346 e. The molecule has 1 saturated heterocycles. The zero-order valence-electron chi connectivity index (χ0n) is 13.2. The van der Waals surface area contributed by atoms with Gasteiger partial charge in [0.2, 0.25) is 0 Å². The fourth-order valence-corrected chi connectivity index (χ4v) is 6.42. The molecule has 2 N–H and O–H groups in total. The minimum absolute atomic E-state index is 0.0755. The Kier molecular flexibility index (Phi) is 5.10. The van der Waals surface area contributed by atoms with Crippen LogP contribution in [0.25, 0.3) is 10.2 Å². The van der Waals surface area contributed by atoms with Gasteiger partial charge in [-0.25, -0.2) is 13.4 Å². The molecular formula is C15H19ClN3O3S2+. The van der Waals surface area contributed by atoms with Crippen molar-refractivity contribution in [3.63, 3.8) is 0 Å². The van der Waals surface area contributed by atoms with E-state index in [1.165, 1.54) is 0 Å². The quantitative estimate of drug-likeness (QED) is 0.697. The van der Waals surface area contributed by atoms with Gasteiger partial charge in [-0.2, -0.15) is 0 Å². The highest BCUT2D eigenvalue weighted by Gasteiger charge is 2.37. The van der Waals surface area contributed by atoms with Crippen molar-refractivity contribution in [1.82, 2.24) is 10.3 Å². The van der Waals surface area contributed by atoms with E-state index in [1.54, 1.807) is 11.3 Å². The van der Waals surface area contributed by atoms with Crippen LogP contribution < -0.4 is 10.2 Å². The first kappa shape index (κ1) is 17.6. The average Bonchev–Trinajstić information content (AvgIpc) is 2.97. The maximum absolute atomic E-state index is 12.1. The monoisotopic (exact) mass is 388 g/mol. The lowest BCUT2D eigenvalue weighted by molar-refractivity contribution is -0.885. The Hall–Kier alpha value is -1.22. The van der Waals surface area contributed by atoms with Crippen LogP contribution in [-0.4, -0.2) is 55.8 Å². The first-order chi connectivity index (χ1) is 11.3. The number of alkyl halides is 1. The number of aromatic nitrogens is 1. The van der Waals surface area contributed by atoms with E-state index in [-0.39, 0.29) is 24.0 Å². The highest BCUT2D eigenvalue weighted by molar-refractivity contribution is 7.91. The third kappa shape index (κ3) is 4.24. The van der Waals surface area contributed by atoms with Crippen LogP contribution in [0.2, 0.25) is 0 Å². The summed E-state index contributed by atoms with van der Waals surface area (Å²) in [5.74, 6) is -0.348. The lowest BCUT2D eigenvalue weighted by Crippen LogP contribution is -3.09. The van der Waals surface area contributed by atoms with Crippen molar-refractivity contribution in [2.24, 2.45) is 0 Å². The van der Waals surface area contributed by atoms with Gasteiger partial charge in [0, 0.05) is 0 Å². The van der Waals surface area contributed by atoms with Gasteiger partial charge in [-0.05, 0) is 12.1 Å². The second kappa shape index (κ2) is 6.95. The van der Waals surface area contributed by atoms with Crippen LogP contribution in [0.3, 0.4) is 0 Å². The number of hydrogen-bond acceptors (Lipinski definition) is 5. The molecule has 2 aromatic rings. The molecule has 1 aliphatic rings. The second-order valence-corrected chi connectivity index (χ2v) is 9.98. The fourth-order valence-electron chi connectivity index (χ4n) is 2.78. The van der Waals surface area contributed by atoms with Crippen molar-refractivity contribution in [3.8, 4) is 0 Å². The van der Waals surface area contributed by atoms with E-state index in [2.05, 4.69) is 10.3 Å². The summed E-state index contributed by atoms with van der Waals surface area (Å²) in [5, 5.41) is 3.16. The summed E-state index contributed by atoms with van der Waals surface area (Å²) < 4.78 is 24.2. The third-order valence-electron chi connectivity index (χ3n) is 3.88. The number of fused-ring (bicyclic) bond motifs is 1. The molecule has 1 aliphatic heterocycles. The van der Waals surface area contributed by atoms with Crippen LogP contribution in [0, 0.1) is 0 Å². The molecule has 0 spiro atoms. The van der Waals surface area contributed by atoms with Crippen LogP contribution in [0.4, 0.5) is 0 Å². The Bertz CT molecular complexity index is 820. The van der Waals surface area contributed by atoms with E-state index >= 15 is 0 Å². The fraction of sp³-hybridized carbons (Fsp3) is 0.467. The standard InChI is InChI=1S/C15H18ClN3O3S2/c1-19(7-15-18-11-4-2-3-5-13(11)23-15)6-14(20)17-12-9-24(21,22)8-10(12)16/h2-5,10,12H,6-9H2,1H3,(H,17,20)/p+1/t10-,12+/m0/s1. The average molecular weight is 389 g/mol. The third-order valence-corrected chi connectivity index (χ3v) is 7.29. The number of sulfone groups is 1. The van der Waals surface area contributed by atoms with E-state index < -0.39 is 21.3 Å². The van der Waals surface area contributed by atoms with Crippen molar-refractivity contribution in [2.75, 3.05) is 25.1 Å². The zero-order chi connectivity index (χ0) is 17.3. The van der Waals surface area contributed by atoms with Crippen LogP contribution >= 0.6 is 22.9 Å². The summed E-state index contributed by atoms with van der Waals surface area (Å²) in [6, 6.07) is 7.43. The predicted octanol–water partition coefficient (Wildman–Crippen LogP) is -0.168. The molecule has 1 unspecified atom stereocenters. The van der Waals surface area contributed by atoms with E-state index in [0.29, 0.717) is 6.54 Å². The van der Waals surface area contributed by atoms with Crippen molar-refractivity contribution >= 4 is 48.9 Å². The normalized spacial score (nSPS) is 24.1. The van der Waals surface area contributed by atoms with Crippen LogP contribution in [0.5, 0.6) is 0 Å². The summed E-state index contributed by atoms with van der Waals surface area (Å²) in [5.41, 5.74) is 0.968. The molecule has 3 atom stereocenters. The van der Waals surface area contributed by atoms with Crippen molar-refractivity contribution < 1.29 is 18.1 Å². The number of amides is 1. The van der Waals surface area contributed by atoms with Crippen LogP contribution in [0.15, 0.2) is 24.3 Å². The van der Waals surface area contributed by atoms with Gasteiger partial charge in [-0.15, -0.1) is 22.9 Å². The maximum Gasteiger partial charge on any atom is 0.275 e. The largest absolute Gasteiger partial charge is 0.346 e. The molecule has 0 radical (unpaired) electrons. The van der Waals surface area contributed by atoms with E-state index in [9.17, 15) is 13.2 Å². The van der Waals surface area contributed by atoms with Crippen LogP contribution in [0.1, 0.15) is 5.01 Å². The van der Waals surface area contributed by atoms with Gasteiger partial charge in [-0.3, -0.25) is 4.79 Å². The van der Waals surface area contributed by atoms with Gasteiger partial charge < -0.3 is 10.2 Å². The summed E-state index contributed by atoms with van der Waals surface area (Å²) in [6.45, 7) is 0.885. The number of likely N-dealkylation sites (N-methyl/N-ethyl adjacent to an activating group) is 1. The number of rotatable bonds is 5. The molecule has 1 aromatic carbocycles. The number of nitrogens with zero attached hydrogens (tertiary/aromatic N) is 1. The highest BCUT2D eigenvalue weighted by Crippen LogP contribution is 2.20. The van der Waals surface area contributed by atoms with Gasteiger partial charge in [0.15, 0.2) is 16.4 Å². The molecule has 1 fully saturated rings. The topological polar surface area (TPSA) is 80.6 Å². The van der Waals surface area contributed by atoms with Crippen molar-refractivity contribution in [1.29, 1.82) is 0 Å². The van der Waals surface area contributed by atoms with E-state index in [1.807, 2.05) is 31.3 Å². The minimum atomic E-state index is -3.14. The number of carbonyl (C=O) groups excluding carboxylic acids is 1. The number of nitrogens with one attached hydrogen (secondary N) is 2. The zero-order valence-corrected chi connectivity index (χ0v) is 15.5. The molecule has 3 rings (SSSR count). The molecular weight excluding hydrogens is 370 g/mol. The first-order valence-electron chi connectivity index (χ1n) is 7.62. The Labute approximate surface area is 149 Å². The predicted molar refractivity (Wildman–Crippen MR) is 95.3 cm³/mol. The van der Waals surface area contributed by atoms with Crippen molar-refractivity contribution in [2.45, 2.75) is 18.0 Å². The lowest BCUT2D eigenvalue weighted by Gasteiger charge is -2.16. The molecule has 0 aliphatic carbocycles. The Balaban J connectivity index is 1.54. The van der Waals surface area contributed by atoms with Gasteiger partial charge in [0.1, 0.15) is 11.6 Å². The number of benzene rings is 1. The maximum atomic E-state index is 12.1. The van der Waals surface area contributed by atoms with E-state index in [4.69, 9.17) is 11.6 Å². The molecule has 9 heteroatoms. The van der Waals surface area contributed by atoms with Crippen molar-refractivity contribution in [3.05, 3.63) is 29.3 Å². The molecule has 24 heavy (non-hydrogen) atoms. The number of para-hydroxylation sites is 1. The second-order valence-electron chi connectivity index (χ2n) is 6.15. The SMILES string of the molecule is C[NH+](CC(=O)N[C@@H]1CS(=O)(=O)C[C@@H]1Cl)Cc1nc2ccccc2s1.